The molecule has 0 saturated heterocycles. The van der Waals surface area contributed by atoms with E-state index in [2.05, 4.69) is 32.1 Å². The van der Waals surface area contributed by atoms with Crippen molar-refractivity contribution in [3.63, 3.8) is 0 Å². The molecule has 0 spiro atoms. The lowest BCUT2D eigenvalue weighted by Gasteiger charge is -2.26. The van der Waals surface area contributed by atoms with Gasteiger partial charge in [-0.2, -0.15) is 0 Å². The van der Waals surface area contributed by atoms with Crippen LogP contribution in [0.5, 0.6) is 0 Å². The van der Waals surface area contributed by atoms with E-state index in [1.807, 2.05) is 54.6 Å². The molecule has 0 aliphatic heterocycles. The van der Waals surface area contributed by atoms with Gasteiger partial charge in [0.1, 0.15) is 0 Å². The van der Waals surface area contributed by atoms with Crippen LogP contribution < -0.4 is 0 Å². The molecule has 1 unspecified atom stereocenters. The van der Waals surface area contributed by atoms with Crippen LogP contribution in [0.25, 0.3) is 22.6 Å². The summed E-state index contributed by atoms with van der Waals surface area (Å²) in [4.78, 5) is 31.2. The van der Waals surface area contributed by atoms with Crippen LogP contribution in [0.4, 0.5) is 0 Å². The number of hydrogen-bond donors (Lipinski definition) is 0. The number of fused-ring (bicyclic) bond motifs is 2. The Morgan fingerprint density at radius 1 is 0.944 bits per heavy atom. The number of aryl methyl sites for hydroxylation is 1. The summed E-state index contributed by atoms with van der Waals surface area (Å²) in [7, 11) is 0. The average molecular weight is 476 g/mol. The van der Waals surface area contributed by atoms with Gasteiger partial charge in [-0.15, -0.1) is 0 Å². The lowest BCUT2D eigenvalue weighted by atomic mass is 9.80. The Morgan fingerprint density at radius 3 is 2.42 bits per heavy atom. The summed E-state index contributed by atoms with van der Waals surface area (Å²) in [6.07, 6.45) is 4.68. The second-order valence-electron chi connectivity index (χ2n) is 9.47. The SMILES string of the molecule is CCc1ccc(C(=O)COC(=O)c2c3c(nc4ccccc24)C(=Cc2ccccc2)CC(C)C3)cc1. The maximum atomic E-state index is 13.5. The molecule has 1 aliphatic carbocycles. The van der Waals surface area contributed by atoms with E-state index in [-0.39, 0.29) is 12.4 Å². The predicted molar refractivity (Wildman–Crippen MR) is 144 cm³/mol. The summed E-state index contributed by atoms with van der Waals surface area (Å²) in [6.45, 7) is 3.97. The number of para-hydroxylation sites is 1. The summed E-state index contributed by atoms with van der Waals surface area (Å²) < 4.78 is 5.63. The molecule has 0 bridgehead atoms. The van der Waals surface area contributed by atoms with Gasteiger partial charge < -0.3 is 4.74 Å². The molecule has 1 heterocycles. The first-order valence-corrected chi connectivity index (χ1v) is 12.5. The largest absolute Gasteiger partial charge is 0.454 e. The molecule has 1 atom stereocenters. The Bertz CT molecular complexity index is 1450. The number of hydrogen-bond acceptors (Lipinski definition) is 4. The van der Waals surface area contributed by atoms with Crippen molar-refractivity contribution in [3.8, 4) is 0 Å². The fourth-order valence-electron chi connectivity index (χ4n) is 4.93. The van der Waals surface area contributed by atoms with Gasteiger partial charge in [-0.05, 0) is 59.6 Å². The number of ketones is 1. The minimum Gasteiger partial charge on any atom is -0.454 e. The maximum absolute atomic E-state index is 13.5. The van der Waals surface area contributed by atoms with Gasteiger partial charge in [0.25, 0.3) is 0 Å². The normalized spacial score (nSPS) is 16.1. The molecule has 0 N–H and O–H groups in total. The molecular formula is C32H29NO3. The third-order valence-electron chi connectivity index (χ3n) is 6.78. The predicted octanol–water partition coefficient (Wildman–Crippen LogP) is 6.96. The Labute approximate surface area is 211 Å². The van der Waals surface area contributed by atoms with Crippen LogP contribution in [-0.2, 0) is 17.6 Å². The number of aromatic nitrogens is 1. The highest BCUT2D eigenvalue weighted by atomic mass is 16.5. The fourth-order valence-corrected chi connectivity index (χ4v) is 4.93. The number of Topliss-reactive ketones (excluding diaryl/α,β-unsaturated/α-hetero) is 1. The Kier molecular flexibility index (Phi) is 6.77. The number of carbonyl (C=O) groups excluding carboxylic acids is 2. The first-order chi connectivity index (χ1) is 17.5. The van der Waals surface area contributed by atoms with Crippen LogP contribution >= 0.6 is 0 Å². The van der Waals surface area contributed by atoms with Crippen LogP contribution in [0.15, 0.2) is 78.9 Å². The van der Waals surface area contributed by atoms with E-state index >= 15 is 0 Å². The van der Waals surface area contributed by atoms with Gasteiger partial charge in [0.05, 0.1) is 16.8 Å². The molecule has 0 radical (unpaired) electrons. The van der Waals surface area contributed by atoms with E-state index < -0.39 is 5.97 Å². The van der Waals surface area contributed by atoms with E-state index in [1.165, 1.54) is 0 Å². The van der Waals surface area contributed by atoms with Crippen LogP contribution in [0, 0.1) is 5.92 Å². The minimum atomic E-state index is -0.475. The van der Waals surface area contributed by atoms with Crippen molar-refractivity contribution < 1.29 is 14.3 Å². The quantitative estimate of drug-likeness (QED) is 0.223. The number of pyridine rings is 1. The lowest BCUT2D eigenvalue weighted by Crippen LogP contribution is -2.21. The standard InChI is InChI=1S/C32H29NO3/c1-3-22-13-15-24(16-14-22)29(34)20-36-32(35)30-26-11-7-8-12-28(26)33-31-25(17-21(2)18-27(30)31)19-23-9-5-4-6-10-23/h4-16,19,21H,3,17-18,20H2,1-2H3. The smallest absolute Gasteiger partial charge is 0.339 e. The Morgan fingerprint density at radius 2 is 1.67 bits per heavy atom. The third-order valence-corrected chi connectivity index (χ3v) is 6.78. The monoisotopic (exact) mass is 475 g/mol. The van der Waals surface area contributed by atoms with Crippen LogP contribution in [0.2, 0.25) is 0 Å². The van der Waals surface area contributed by atoms with Crippen molar-refractivity contribution in [2.45, 2.75) is 33.1 Å². The maximum Gasteiger partial charge on any atom is 0.339 e. The average Bonchev–Trinajstić information content (AvgIpc) is 2.91. The van der Waals surface area contributed by atoms with E-state index in [0.717, 1.165) is 58.1 Å². The molecule has 3 aromatic carbocycles. The molecule has 1 aliphatic rings. The summed E-state index contributed by atoms with van der Waals surface area (Å²) in [5.74, 6) is -0.339. The zero-order valence-electron chi connectivity index (χ0n) is 20.7. The molecule has 5 rings (SSSR count). The van der Waals surface area contributed by atoms with Crippen molar-refractivity contribution in [1.29, 1.82) is 0 Å². The van der Waals surface area contributed by atoms with Crippen molar-refractivity contribution in [3.05, 3.63) is 112 Å². The van der Waals surface area contributed by atoms with Gasteiger partial charge in [-0.25, -0.2) is 9.78 Å². The van der Waals surface area contributed by atoms with Crippen LogP contribution in [0.3, 0.4) is 0 Å². The molecule has 180 valence electrons. The molecule has 1 aromatic heterocycles. The lowest BCUT2D eigenvalue weighted by molar-refractivity contribution is 0.0475. The van der Waals surface area contributed by atoms with Crippen molar-refractivity contribution in [2.75, 3.05) is 6.61 Å². The van der Waals surface area contributed by atoms with Gasteiger partial charge in [-0.3, -0.25) is 4.79 Å². The molecule has 4 nitrogen and oxygen atoms in total. The number of rotatable bonds is 6. The second kappa shape index (κ2) is 10.3. The number of nitrogens with zero attached hydrogens (tertiary/aromatic N) is 1. The summed E-state index contributed by atoms with van der Waals surface area (Å²) in [5.41, 5.74) is 6.94. The second-order valence-corrected chi connectivity index (χ2v) is 9.47. The zero-order valence-corrected chi connectivity index (χ0v) is 20.7. The number of benzene rings is 3. The van der Waals surface area contributed by atoms with Crippen molar-refractivity contribution in [2.24, 2.45) is 5.92 Å². The van der Waals surface area contributed by atoms with Gasteiger partial charge in [0.2, 0.25) is 0 Å². The highest BCUT2D eigenvalue weighted by Gasteiger charge is 2.29. The van der Waals surface area contributed by atoms with Crippen LogP contribution in [-0.4, -0.2) is 23.3 Å². The highest BCUT2D eigenvalue weighted by Crippen LogP contribution is 2.38. The number of ether oxygens (including phenoxy) is 1. The van der Waals surface area contributed by atoms with Gasteiger partial charge in [-0.1, -0.05) is 86.6 Å². The number of carbonyl (C=O) groups is 2. The minimum absolute atomic E-state index is 0.212. The molecule has 4 aromatic rings. The topological polar surface area (TPSA) is 56.3 Å². The molecule has 0 saturated carbocycles. The van der Waals surface area contributed by atoms with E-state index in [4.69, 9.17) is 9.72 Å². The van der Waals surface area contributed by atoms with Crippen molar-refractivity contribution in [1.82, 2.24) is 4.98 Å². The van der Waals surface area contributed by atoms with Crippen molar-refractivity contribution >= 4 is 34.3 Å². The van der Waals surface area contributed by atoms with E-state index in [9.17, 15) is 9.59 Å². The van der Waals surface area contributed by atoms with E-state index in [1.54, 1.807) is 12.1 Å². The zero-order chi connectivity index (χ0) is 25.1. The number of allylic oxidation sites excluding steroid dienone is 1. The number of esters is 1. The first-order valence-electron chi connectivity index (χ1n) is 12.5. The highest BCUT2D eigenvalue weighted by molar-refractivity contribution is 6.08. The van der Waals surface area contributed by atoms with E-state index in [0.29, 0.717) is 17.0 Å². The Balaban J connectivity index is 1.51. The molecular weight excluding hydrogens is 446 g/mol. The van der Waals surface area contributed by atoms with Gasteiger partial charge in [0.15, 0.2) is 12.4 Å². The molecule has 0 amide bonds. The summed E-state index contributed by atoms with van der Waals surface area (Å²) >= 11 is 0. The Hall–Kier alpha value is -4.05. The molecule has 4 heteroatoms. The first kappa shape index (κ1) is 23.7. The summed E-state index contributed by atoms with van der Waals surface area (Å²) in [6, 6.07) is 25.3. The molecule has 0 fully saturated rings. The fraction of sp³-hybridized carbons (Fsp3) is 0.219. The van der Waals surface area contributed by atoms with Gasteiger partial charge >= 0.3 is 5.97 Å². The third kappa shape index (κ3) is 4.85. The molecule has 36 heavy (non-hydrogen) atoms. The summed E-state index contributed by atoms with van der Waals surface area (Å²) in [5, 5.41) is 0.758. The van der Waals surface area contributed by atoms with Crippen LogP contribution in [0.1, 0.15) is 63.4 Å². The van der Waals surface area contributed by atoms with Gasteiger partial charge in [0, 0.05) is 10.9 Å².